The van der Waals surface area contributed by atoms with E-state index in [-0.39, 0.29) is 0 Å². The van der Waals surface area contributed by atoms with Gasteiger partial charge in [0, 0.05) is 24.7 Å². The lowest BCUT2D eigenvalue weighted by Gasteiger charge is -2.24. The predicted octanol–water partition coefficient (Wildman–Crippen LogP) is 6.97. The number of carboxylic acids is 1. The summed E-state index contributed by atoms with van der Waals surface area (Å²) in [7, 11) is 0. The van der Waals surface area contributed by atoms with E-state index in [9.17, 15) is 23.5 Å². The molecule has 1 atom stereocenters. The zero-order chi connectivity index (χ0) is 29.9. The maximum Gasteiger partial charge on any atom is 0.326 e. The molecule has 0 bridgehead atoms. The molecule has 0 aliphatic heterocycles. The number of hydrogen-bond acceptors (Lipinski definition) is 4. The lowest BCUT2D eigenvalue weighted by molar-refractivity contribution is -0.139. The molecule has 1 unspecified atom stereocenters. The van der Waals surface area contributed by atoms with Crippen LogP contribution in [0.2, 0.25) is 0 Å². The molecule has 0 spiro atoms. The maximum absolute atomic E-state index is 14.3. The summed E-state index contributed by atoms with van der Waals surface area (Å²) >= 11 is 1.53. The minimum atomic E-state index is -1.06. The molecular formula is C33H40F2N2O3S. The molecule has 41 heavy (non-hydrogen) atoms. The van der Waals surface area contributed by atoms with E-state index in [0.717, 1.165) is 41.3 Å². The number of halogens is 2. The quantitative estimate of drug-likeness (QED) is 0.203. The molecule has 0 aliphatic carbocycles. The zero-order valence-electron chi connectivity index (χ0n) is 24.3. The minimum Gasteiger partial charge on any atom is -0.480 e. The molecule has 0 saturated heterocycles. The first-order valence-corrected chi connectivity index (χ1v) is 15.4. The average molecular weight is 583 g/mol. The van der Waals surface area contributed by atoms with Gasteiger partial charge in [-0.15, -0.1) is 0 Å². The number of nitrogens with one attached hydrogen (secondary N) is 1. The van der Waals surface area contributed by atoms with E-state index in [0.29, 0.717) is 48.7 Å². The van der Waals surface area contributed by atoms with E-state index < -0.39 is 29.6 Å². The Morgan fingerprint density at radius 2 is 1.73 bits per heavy atom. The number of rotatable bonds is 15. The standard InChI is InChI=1S/C33H40F2N2O3S/c1-22(2)13-16-37(17-14-25-10-11-26(34)20-30(25)35)21-24-9-12-28(29(19-24)27-8-6-5-7-23(27)3)32(38)36-31(33(39)40)15-18-41-4/h5-12,19-20,22,31H,13-18,21H2,1-4H3,(H,36,38)(H,39,40). The van der Waals surface area contributed by atoms with Crippen molar-refractivity contribution in [3.8, 4) is 11.1 Å². The number of benzene rings is 3. The minimum absolute atomic E-state index is 0.333. The van der Waals surface area contributed by atoms with E-state index >= 15 is 0 Å². The molecule has 1 amide bonds. The number of amides is 1. The third-order valence-corrected chi connectivity index (χ3v) is 7.76. The summed E-state index contributed by atoms with van der Waals surface area (Å²) < 4.78 is 27.7. The first-order chi connectivity index (χ1) is 19.6. The number of thioether (sulfide) groups is 1. The predicted molar refractivity (Wildman–Crippen MR) is 163 cm³/mol. The number of aryl methyl sites for hydroxylation is 1. The molecule has 8 heteroatoms. The van der Waals surface area contributed by atoms with E-state index in [1.165, 1.54) is 23.9 Å². The Kier molecular flexibility index (Phi) is 12.4. The van der Waals surface area contributed by atoms with E-state index in [2.05, 4.69) is 24.1 Å². The van der Waals surface area contributed by atoms with Crippen molar-refractivity contribution >= 4 is 23.6 Å². The number of aliphatic carboxylic acids is 1. The van der Waals surface area contributed by atoms with Crippen LogP contribution in [0.25, 0.3) is 11.1 Å². The zero-order valence-corrected chi connectivity index (χ0v) is 25.1. The molecule has 220 valence electrons. The fraction of sp³-hybridized carbons (Fsp3) is 0.394. The van der Waals surface area contributed by atoms with Crippen LogP contribution in [0.1, 0.15) is 53.7 Å². The van der Waals surface area contributed by atoms with Crippen LogP contribution in [0.5, 0.6) is 0 Å². The molecule has 0 aromatic heterocycles. The van der Waals surface area contributed by atoms with Crippen LogP contribution >= 0.6 is 11.8 Å². The molecule has 3 rings (SSSR count). The lowest BCUT2D eigenvalue weighted by Crippen LogP contribution is -2.41. The monoisotopic (exact) mass is 582 g/mol. The highest BCUT2D eigenvalue weighted by Gasteiger charge is 2.23. The van der Waals surface area contributed by atoms with Crippen molar-refractivity contribution in [2.45, 2.75) is 52.6 Å². The first-order valence-electron chi connectivity index (χ1n) is 14.0. The van der Waals surface area contributed by atoms with Crippen LogP contribution in [0.3, 0.4) is 0 Å². The van der Waals surface area contributed by atoms with Gasteiger partial charge in [0.05, 0.1) is 0 Å². The van der Waals surface area contributed by atoms with Gasteiger partial charge in [-0.05, 0) is 96.7 Å². The topological polar surface area (TPSA) is 69.6 Å². The summed E-state index contributed by atoms with van der Waals surface area (Å²) in [6.45, 7) is 8.28. The van der Waals surface area contributed by atoms with Crippen molar-refractivity contribution in [2.75, 3.05) is 25.1 Å². The molecule has 3 aromatic carbocycles. The number of nitrogens with zero attached hydrogens (tertiary/aromatic N) is 1. The molecule has 0 saturated carbocycles. The van der Waals surface area contributed by atoms with Crippen molar-refractivity contribution in [3.05, 3.63) is 94.6 Å². The molecule has 3 aromatic rings. The first kappa shape index (κ1) is 32.3. The molecular weight excluding hydrogens is 542 g/mol. The maximum atomic E-state index is 14.3. The second-order valence-corrected chi connectivity index (χ2v) is 11.8. The molecule has 0 radical (unpaired) electrons. The van der Waals surface area contributed by atoms with Crippen molar-refractivity contribution in [1.29, 1.82) is 0 Å². The normalized spacial score (nSPS) is 12.1. The molecule has 0 fully saturated rings. The summed E-state index contributed by atoms with van der Waals surface area (Å²) in [6.07, 6.45) is 3.64. The van der Waals surface area contributed by atoms with Gasteiger partial charge in [0.15, 0.2) is 0 Å². The fourth-order valence-electron chi connectivity index (χ4n) is 4.69. The Hall–Kier alpha value is -3.23. The SMILES string of the molecule is CSCCC(NC(=O)c1ccc(CN(CCc2ccc(F)cc2F)CCC(C)C)cc1-c1ccccc1C)C(=O)O. The van der Waals surface area contributed by atoms with Gasteiger partial charge in [0.2, 0.25) is 0 Å². The van der Waals surface area contributed by atoms with Crippen molar-refractivity contribution in [3.63, 3.8) is 0 Å². The average Bonchev–Trinajstić information content (AvgIpc) is 2.93. The highest BCUT2D eigenvalue weighted by Crippen LogP contribution is 2.29. The summed E-state index contributed by atoms with van der Waals surface area (Å²) in [4.78, 5) is 27.4. The van der Waals surface area contributed by atoms with Gasteiger partial charge in [0.25, 0.3) is 5.91 Å². The van der Waals surface area contributed by atoms with Crippen LogP contribution in [-0.4, -0.2) is 53.0 Å². The van der Waals surface area contributed by atoms with Gasteiger partial charge < -0.3 is 10.4 Å². The number of carbonyl (C=O) groups is 2. The van der Waals surface area contributed by atoms with Gasteiger partial charge in [-0.2, -0.15) is 11.8 Å². The Labute approximate surface area is 246 Å². The largest absolute Gasteiger partial charge is 0.480 e. The van der Waals surface area contributed by atoms with Crippen LogP contribution in [-0.2, 0) is 17.8 Å². The van der Waals surface area contributed by atoms with Gasteiger partial charge in [-0.3, -0.25) is 9.69 Å². The van der Waals surface area contributed by atoms with Crippen molar-refractivity contribution in [2.24, 2.45) is 5.92 Å². The van der Waals surface area contributed by atoms with Crippen molar-refractivity contribution < 1.29 is 23.5 Å². The summed E-state index contributed by atoms with van der Waals surface area (Å²) in [5.74, 6) is -1.50. The highest BCUT2D eigenvalue weighted by atomic mass is 32.2. The summed E-state index contributed by atoms with van der Waals surface area (Å²) in [5, 5.41) is 12.4. The smallest absolute Gasteiger partial charge is 0.326 e. The van der Waals surface area contributed by atoms with Gasteiger partial charge >= 0.3 is 5.97 Å². The van der Waals surface area contributed by atoms with Crippen LogP contribution in [0.4, 0.5) is 8.78 Å². The number of carboxylic acid groups (broad SMARTS) is 1. The molecule has 0 heterocycles. The van der Waals surface area contributed by atoms with E-state index in [1.54, 1.807) is 6.07 Å². The lowest BCUT2D eigenvalue weighted by atomic mass is 9.93. The Bertz CT molecular complexity index is 1330. The van der Waals surface area contributed by atoms with Gasteiger partial charge in [-0.1, -0.05) is 50.2 Å². The molecule has 2 N–H and O–H groups in total. The highest BCUT2D eigenvalue weighted by molar-refractivity contribution is 7.98. The van der Waals surface area contributed by atoms with Crippen LogP contribution in [0.15, 0.2) is 60.7 Å². The number of hydrogen-bond donors (Lipinski definition) is 2. The van der Waals surface area contributed by atoms with Gasteiger partial charge in [0.1, 0.15) is 17.7 Å². The van der Waals surface area contributed by atoms with Gasteiger partial charge in [-0.25, -0.2) is 13.6 Å². The second kappa shape index (κ2) is 15.7. The Balaban J connectivity index is 1.91. The van der Waals surface area contributed by atoms with Crippen LogP contribution in [0, 0.1) is 24.5 Å². The van der Waals surface area contributed by atoms with Crippen LogP contribution < -0.4 is 5.32 Å². The van der Waals surface area contributed by atoms with E-state index in [4.69, 9.17) is 0 Å². The summed E-state index contributed by atoms with van der Waals surface area (Å²) in [5.41, 5.74) is 4.52. The Morgan fingerprint density at radius 1 is 0.976 bits per heavy atom. The summed E-state index contributed by atoms with van der Waals surface area (Å²) in [6, 6.07) is 16.2. The molecule has 0 aliphatic rings. The second-order valence-electron chi connectivity index (χ2n) is 10.8. The fourth-order valence-corrected chi connectivity index (χ4v) is 5.16. The van der Waals surface area contributed by atoms with E-state index in [1.807, 2.05) is 49.6 Å². The third kappa shape index (κ3) is 9.68. The molecule has 5 nitrogen and oxygen atoms in total. The third-order valence-electron chi connectivity index (χ3n) is 7.12. The van der Waals surface area contributed by atoms with Crippen molar-refractivity contribution in [1.82, 2.24) is 10.2 Å². The number of carbonyl (C=O) groups excluding carboxylic acids is 1. The Morgan fingerprint density at radius 3 is 2.39 bits per heavy atom.